The van der Waals surface area contributed by atoms with Crippen molar-refractivity contribution in [3.05, 3.63) is 53.6 Å². The molecule has 0 amide bonds. The molecule has 0 spiro atoms. The third-order valence-corrected chi connectivity index (χ3v) is 4.73. The first kappa shape index (κ1) is 18.8. The van der Waals surface area contributed by atoms with E-state index >= 15 is 0 Å². The first-order valence-corrected chi connectivity index (χ1v) is 9.19. The summed E-state index contributed by atoms with van der Waals surface area (Å²) in [5, 5.41) is 11.0. The van der Waals surface area contributed by atoms with Gasteiger partial charge in [-0.15, -0.1) is 0 Å². The number of methoxy groups -OCH3 is 1. The van der Waals surface area contributed by atoms with Gasteiger partial charge in [0.25, 0.3) is 0 Å². The van der Waals surface area contributed by atoms with Crippen LogP contribution in [-0.4, -0.2) is 62.6 Å². The zero-order valence-electron chi connectivity index (χ0n) is 15.0. The van der Waals surface area contributed by atoms with Crippen molar-refractivity contribution in [2.45, 2.75) is 6.10 Å². The van der Waals surface area contributed by atoms with Crippen LogP contribution in [0.1, 0.15) is 0 Å². The highest BCUT2D eigenvalue weighted by Crippen LogP contribution is 2.21. The Hall–Kier alpha value is -1.95. The van der Waals surface area contributed by atoms with Gasteiger partial charge in [-0.25, -0.2) is 0 Å². The van der Waals surface area contributed by atoms with Crippen LogP contribution in [0.25, 0.3) is 0 Å². The van der Waals surface area contributed by atoms with Crippen LogP contribution in [0.4, 0.5) is 5.69 Å². The normalized spacial score (nSPS) is 16.3. The molecule has 0 aliphatic carbocycles. The molecule has 140 valence electrons. The Morgan fingerprint density at radius 1 is 1.04 bits per heavy atom. The minimum atomic E-state index is -0.529. The van der Waals surface area contributed by atoms with Gasteiger partial charge in [-0.05, 0) is 30.3 Å². The number of benzene rings is 2. The second-order valence-electron chi connectivity index (χ2n) is 6.41. The summed E-state index contributed by atoms with van der Waals surface area (Å²) in [5.74, 6) is 1.45. The second kappa shape index (κ2) is 9.12. The van der Waals surface area contributed by atoms with Crippen LogP contribution in [0.5, 0.6) is 11.5 Å². The summed E-state index contributed by atoms with van der Waals surface area (Å²) < 4.78 is 10.8. The van der Waals surface area contributed by atoms with Gasteiger partial charge >= 0.3 is 0 Å². The van der Waals surface area contributed by atoms with Crippen LogP contribution in [-0.2, 0) is 0 Å². The number of anilines is 1. The molecule has 5 nitrogen and oxygen atoms in total. The topological polar surface area (TPSA) is 45.2 Å². The summed E-state index contributed by atoms with van der Waals surface area (Å²) in [7, 11) is 1.62. The molecule has 2 aromatic carbocycles. The third kappa shape index (κ3) is 5.27. The Kier molecular flexibility index (Phi) is 6.61. The third-order valence-electron chi connectivity index (χ3n) is 4.50. The van der Waals surface area contributed by atoms with Crippen molar-refractivity contribution >= 4 is 17.3 Å². The first-order valence-electron chi connectivity index (χ1n) is 8.82. The van der Waals surface area contributed by atoms with Gasteiger partial charge in [0.05, 0.1) is 7.11 Å². The van der Waals surface area contributed by atoms with Gasteiger partial charge in [0, 0.05) is 49.5 Å². The maximum atomic E-state index is 10.3. The van der Waals surface area contributed by atoms with E-state index in [0.717, 1.165) is 42.6 Å². The summed E-state index contributed by atoms with van der Waals surface area (Å²) in [6.45, 7) is 4.52. The van der Waals surface area contributed by atoms with E-state index in [-0.39, 0.29) is 6.61 Å². The molecule has 1 atom stereocenters. The average molecular weight is 377 g/mol. The lowest BCUT2D eigenvalue weighted by atomic mass is 10.2. The number of nitrogens with zero attached hydrogens (tertiary/aromatic N) is 2. The maximum absolute atomic E-state index is 10.3. The van der Waals surface area contributed by atoms with Gasteiger partial charge < -0.3 is 19.5 Å². The van der Waals surface area contributed by atoms with Crippen molar-refractivity contribution in [2.24, 2.45) is 0 Å². The highest BCUT2D eigenvalue weighted by Gasteiger charge is 2.20. The van der Waals surface area contributed by atoms with E-state index in [2.05, 4.69) is 15.9 Å². The number of ether oxygens (including phenoxy) is 2. The summed E-state index contributed by atoms with van der Waals surface area (Å²) >= 11 is 6.07. The van der Waals surface area contributed by atoms with Gasteiger partial charge in [0.15, 0.2) is 0 Å². The summed E-state index contributed by atoms with van der Waals surface area (Å²) in [6.07, 6.45) is -0.529. The predicted octanol–water partition coefficient (Wildman–Crippen LogP) is 2.91. The van der Waals surface area contributed by atoms with E-state index in [0.29, 0.717) is 12.3 Å². The SMILES string of the molecule is COc1cccc(OCC(O)CN2CCN(c3cccc(Cl)c3)CC2)c1. The van der Waals surface area contributed by atoms with Crippen molar-refractivity contribution in [1.82, 2.24) is 4.90 Å². The predicted molar refractivity (Wildman–Crippen MR) is 105 cm³/mol. The van der Waals surface area contributed by atoms with Crippen LogP contribution in [0, 0.1) is 0 Å². The average Bonchev–Trinajstić information content (AvgIpc) is 2.67. The minimum Gasteiger partial charge on any atom is -0.497 e. The maximum Gasteiger partial charge on any atom is 0.123 e. The molecule has 1 heterocycles. The molecule has 1 unspecified atom stereocenters. The van der Waals surface area contributed by atoms with Crippen molar-refractivity contribution in [2.75, 3.05) is 51.3 Å². The molecule has 3 rings (SSSR count). The fraction of sp³-hybridized carbons (Fsp3) is 0.400. The summed E-state index contributed by atoms with van der Waals surface area (Å²) in [5.41, 5.74) is 1.15. The molecule has 0 radical (unpaired) electrons. The molecule has 0 aromatic heterocycles. The molecular formula is C20H25ClN2O3. The summed E-state index contributed by atoms with van der Waals surface area (Å²) in [6, 6.07) is 15.4. The number of β-amino-alcohol motifs (C(OH)–C–C–N with tert-alkyl or cyclic N) is 1. The zero-order valence-corrected chi connectivity index (χ0v) is 15.7. The number of aliphatic hydroxyl groups is 1. The Bertz CT molecular complexity index is 705. The summed E-state index contributed by atoms with van der Waals surface area (Å²) in [4.78, 5) is 4.59. The smallest absolute Gasteiger partial charge is 0.123 e. The van der Waals surface area contributed by atoms with E-state index < -0.39 is 6.10 Å². The molecule has 1 saturated heterocycles. The van der Waals surface area contributed by atoms with Gasteiger partial charge in [0.2, 0.25) is 0 Å². The van der Waals surface area contributed by atoms with Crippen LogP contribution in [0.3, 0.4) is 0 Å². The van der Waals surface area contributed by atoms with Crippen molar-refractivity contribution < 1.29 is 14.6 Å². The number of aliphatic hydroxyl groups excluding tert-OH is 1. The van der Waals surface area contributed by atoms with Crippen LogP contribution < -0.4 is 14.4 Å². The second-order valence-corrected chi connectivity index (χ2v) is 6.85. The molecule has 2 aromatic rings. The standard InChI is InChI=1S/C20H25ClN2O3/c1-25-19-6-3-7-20(13-19)26-15-18(24)14-22-8-10-23(11-9-22)17-5-2-4-16(21)12-17/h2-7,12-13,18,24H,8-11,14-15H2,1H3. The highest BCUT2D eigenvalue weighted by molar-refractivity contribution is 6.30. The lowest BCUT2D eigenvalue weighted by molar-refractivity contribution is 0.0662. The lowest BCUT2D eigenvalue weighted by Gasteiger charge is -2.36. The Morgan fingerprint density at radius 3 is 2.50 bits per heavy atom. The Morgan fingerprint density at radius 2 is 1.77 bits per heavy atom. The molecule has 26 heavy (non-hydrogen) atoms. The van der Waals surface area contributed by atoms with Gasteiger partial charge in [-0.2, -0.15) is 0 Å². The van der Waals surface area contributed by atoms with E-state index in [9.17, 15) is 5.11 Å². The lowest BCUT2D eigenvalue weighted by Crippen LogP contribution is -2.49. The largest absolute Gasteiger partial charge is 0.497 e. The minimum absolute atomic E-state index is 0.266. The fourth-order valence-electron chi connectivity index (χ4n) is 3.10. The van der Waals surface area contributed by atoms with Gasteiger partial charge in [-0.1, -0.05) is 23.7 Å². The molecule has 1 N–H and O–H groups in total. The molecule has 1 aliphatic heterocycles. The highest BCUT2D eigenvalue weighted by atomic mass is 35.5. The fourth-order valence-corrected chi connectivity index (χ4v) is 3.28. The van der Waals surface area contributed by atoms with Crippen molar-refractivity contribution in [3.63, 3.8) is 0 Å². The van der Waals surface area contributed by atoms with Crippen LogP contribution >= 0.6 is 11.6 Å². The quantitative estimate of drug-likeness (QED) is 0.805. The molecule has 0 saturated carbocycles. The number of halogens is 1. The molecular weight excluding hydrogens is 352 g/mol. The molecule has 1 fully saturated rings. The number of piperazine rings is 1. The molecule has 0 bridgehead atoms. The van der Waals surface area contributed by atoms with E-state index in [1.165, 1.54) is 0 Å². The first-order chi connectivity index (χ1) is 12.6. The van der Waals surface area contributed by atoms with Gasteiger partial charge in [0.1, 0.15) is 24.2 Å². The molecule has 1 aliphatic rings. The van der Waals surface area contributed by atoms with Crippen molar-refractivity contribution in [1.29, 1.82) is 0 Å². The van der Waals surface area contributed by atoms with Gasteiger partial charge in [-0.3, -0.25) is 4.90 Å². The van der Waals surface area contributed by atoms with Crippen molar-refractivity contribution in [3.8, 4) is 11.5 Å². The Labute approximate surface area is 159 Å². The number of hydrogen-bond donors (Lipinski definition) is 1. The van der Waals surface area contributed by atoms with Crippen LogP contribution in [0.15, 0.2) is 48.5 Å². The monoisotopic (exact) mass is 376 g/mol. The number of rotatable bonds is 7. The van der Waals surface area contributed by atoms with E-state index in [1.54, 1.807) is 7.11 Å². The molecule has 6 heteroatoms. The van der Waals surface area contributed by atoms with E-state index in [4.69, 9.17) is 21.1 Å². The number of hydrogen-bond acceptors (Lipinski definition) is 5. The Balaban J connectivity index is 1.42. The zero-order chi connectivity index (χ0) is 18.4. The van der Waals surface area contributed by atoms with Crippen LogP contribution in [0.2, 0.25) is 5.02 Å². The van der Waals surface area contributed by atoms with E-state index in [1.807, 2.05) is 42.5 Å².